The maximum Gasteiger partial charge on any atom is 0.338 e. The van der Waals surface area contributed by atoms with E-state index in [9.17, 15) is 4.79 Å². The lowest BCUT2D eigenvalue weighted by Gasteiger charge is -2.16. The SMILES string of the molecule is COC(=O)c1cc(OC)c(OCc2ccccc2)c2c1ccn2Cc1ccccc1. The van der Waals surface area contributed by atoms with Gasteiger partial charge in [0.15, 0.2) is 11.5 Å². The molecule has 3 aromatic carbocycles. The molecule has 4 rings (SSSR count). The third kappa shape index (κ3) is 3.87. The molecular formula is C25H23NO4. The molecule has 0 aliphatic carbocycles. The van der Waals surface area contributed by atoms with E-state index < -0.39 is 5.97 Å². The van der Waals surface area contributed by atoms with E-state index in [2.05, 4.69) is 16.7 Å². The molecule has 152 valence electrons. The summed E-state index contributed by atoms with van der Waals surface area (Å²) in [4.78, 5) is 12.4. The first kappa shape index (κ1) is 19.6. The van der Waals surface area contributed by atoms with Crippen LogP contribution in [-0.4, -0.2) is 24.8 Å². The number of ether oxygens (including phenoxy) is 3. The lowest BCUT2D eigenvalue weighted by Crippen LogP contribution is -2.07. The Kier molecular flexibility index (Phi) is 5.70. The first-order valence-electron chi connectivity index (χ1n) is 9.70. The predicted octanol–water partition coefficient (Wildman–Crippen LogP) is 5.06. The van der Waals surface area contributed by atoms with Gasteiger partial charge in [-0.2, -0.15) is 0 Å². The number of nitrogens with zero attached hydrogens (tertiary/aromatic N) is 1. The second-order valence-electron chi connectivity index (χ2n) is 6.91. The van der Waals surface area contributed by atoms with Crippen molar-refractivity contribution in [3.63, 3.8) is 0 Å². The Morgan fingerprint density at radius 3 is 2.20 bits per heavy atom. The van der Waals surface area contributed by atoms with Crippen molar-refractivity contribution in [3.8, 4) is 11.5 Å². The van der Waals surface area contributed by atoms with E-state index in [1.165, 1.54) is 7.11 Å². The van der Waals surface area contributed by atoms with Gasteiger partial charge in [0.2, 0.25) is 0 Å². The van der Waals surface area contributed by atoms with Gasteiger partial charge < -0.3 is 18.8 Å². The van der Waals surface area contributed by atoms with Gasteiger partial charge in [-0.15, -0.1) is 0 Å². The van der Waals surface area contributed by atoms with Crippen molar-refractivity contribution in [2.24, 2.45) is 0 Å². The number of aromatic nitrogens is 1. The molecule has 0 radical (unpaired) electrons. The van der Waals surface area contributed by atoms with E-state index in [4.69, 9.17) is 14.2 Å². The van der Waals surface area contributed by atoms with E-state index in [1.807, 2.05) is 60.8 Å². The minimum Gasteiger partial charge on any atom is -0.493 e. The molecule has 0 unspecified atom stereocenters. The normalized spacial score (nSPS) is 10.7. The fourth-order valence-corrected chi connectivity index (χ4v) is 3.55. The van der Waals surface area contributed by atoms with E-state index in [0.29, 0.717) is 30.2 Å². The summed E-state index contributed by atoms with van der Waals surface area (Å²) >= 11 is 0. The standard InChI is InChI=1S/C25H23NO4/c1-28-22-15-21(25(27)29-2)20-13-14-26(16-18-9-5-3-6-10-18)23(20)24(22)30-17-19-11-7-4-8-12-19/h3-15H,16-17H2,1-2H3. The zero-order chi connectivity index (χ0) is 20.9. The van der Waals surface area contributed by atoms with Crippen LogP contribution in [-0.2, 0) is 17.9 Å². The number of benzene rings is 3. The molecule has 0 aliphatic heterocycles. The Hall–Kier alpha value is -3.73. The summed E-state index contributed by atoms with van der Waals surface area (Å²) in [5, 5.41) is 0.765. The quantitative estimate of drug-likeness (QED) is 0.406. The van der Waals surface area contributed by atoms with Crippen LogP contribution in [0.4, 0.5) is 0 Å². The third-order valence-corrected chi connectivity index (χ3v) is 5.01. The Morgan fingerprint density at radius 1 is 0.900 bits per heavy atom. The minimum absolute atomic E-state index is 0.389. The van der Waals surface area contributed by atoms with Crippen LogP contribution in [0.2, 0.25) is 0 Å². The molecule has 0 bridgehead atoms. The number of hydrogen-bond donors (Lipinski definition) is 0. The van der Waals surface area contributed by atoms with Crippen LogP contribution < -0.4 is 9.47 Å². The molecule has 0 N–H and O–H groups in total. The smallest absolute Gasteiger partial charge is 0.338 e. The Labute approximate surface area is 175 Å². The average Bonchev–Trinajstić information content (AvgIpc) is 3.21. The van der Waals surface area contributed by atoms with Crippen LogP contribution in [0.15, 0.2) is 79.0 Å². The summed E-state index contributed by atoms with van der Waals surface area (Å²) in [5.74, 6) is 0.683. The number of esters is 1. The van der Waals surface area contributed by atoms with Gasteiger partial charge in [-0.05, 0) is 23.3 Å². The molecule has 5 nitrogen and oxygen atoms in total. The van der Waals surface area contributed by atoms with Crippen molar-refractivity contribution in [2.75, 3.05) is 14.2 Å². The highest BCUT2D eigenvalue weighted by atomic mass is 16.5. The predicted molar refractivity (Wildman–Crippen MR) is 116 cm³/mol. The van der Waals surface area contributed by atoms with Crippen molar-refractivity contribution in [3.05, 3.63) is 95.7 Å². The minimum atomic E-state index is -0.412. The van der Waals surface area contributed by atoms with E-state index >= 15 is 0 Å². The highest BCUT2D eigenvalue weighted by Crippen LogP contribution is 2.39. The number of carbonyl (C=O) groups excluding carboxylic acids is 1. The molecule has 0 spiro atoms. The van der Waals surface area contributed by atoms with E-state index in [1.54, 1.807) is 13.2 Å². The lowest BCUT2D eigenvalue weighted by molar-refractivity contribution is 0.0602. The van der Waals surface area contributed by atoms with Gasteiger partial charge in [-0.25, -0.2) is 4.79 Å². The largest absolute Gasteiger partial charge is 0.493 e. The van der Waals surface area contributed by atoms with Gasteiger partial charge in [0, 0.05) is 18.1 Å². The molecule has 0 saturated heterocycles. The Morgan fingerprint density at radius 2 is 1.57 bits per heavy atom. The number of methoxy groups -OCH3 is 2. The number of rotatable bonds is 7. The van der Waals surface area contributed by atoms with Crippen molar-refractivity contribution in [2.45, 2.75) is 13.2 Å². The highest BCUT2D eigenvalue weighted by molar-refractivity contribution is 6.07. The molecule has 0 aliphatic rings. The van der Waals surface area contributed by atoms with Crippen molar-refractivity contribution in [1.29, 1.82) is 0 Å². The Balaban J connectivity index is 1.84. The first-order chi connectivity index (χ1) is 14.7. The Bertz CT molecular complexity index is 1150. The van der Waals surface area contributed by atoms with Gasteiger partial charge in [-0.1, -0.05) is 60.7 Å². The van der Waals surface area contributed by atoms with Crippen LogP contribution in [0.5, 0.6) is 11.5 Å². The summed E-state index contributed by atoms with van der Waals surface area (Å²) in [7, 11) is 2.95. The van der Waals surface area contributed by atoms with Crippen molar-refractivity contribution >= 4 is 16.9 Å². The molecule has 1 heterocycles. The van der Waals surface area contributed by atoms with Crippen molar-refractivity contribution < 1.29 is 19.0 Å². The van der Waals surface area contributed by atoms with Gasteiger partial charge in [0.1, 0.15) is 6.61 Å². The number of fused-ring (bicyclic) bond motifs is 1. The van der Waals surface area contributed by atoms with Gasteiger partial charge in [0.25, 0.3) is 0 Å². The maximum atomic E-state index is 12.4. The molecule has 4 aromatic rings. The molecule has 5 heteroatoms. The number of carbonyl (C=O) groups is 1. The third-order valence-electron chi connectivity index (χ3n) is 5.01. The van der Waals surface area contributed by atoms with Crippen LogP contribution in [0, 0.1) is 0 Å². The lowest BCUT2D eigenvalue weighted by atomic mass is 10.1. The average molecular weight is 401 g/mol. The number of hydrogen-bond acceptors (Lipinski definition) is 4. The van der Waals surface area contributed by atoms with E-state index in [-0.39, 0.29) is 0 Å². The monoisotopic (exact) mass is 401 g/mol. The van der Waals surface area contributed by atoms with Crippen LogP contribution in [0.3, 0.4) is 0 Å². The molecule has 0 saturated carbocycles. The fraction of sp³-hybridized carbons (Fsp3) is 0.160. The molecule has 0 fully saturated rings. The summed E-state index contributed by atoms with van der Waals surface area (Å²) in [6, 6.07) is 23.7. The van der Waals surface area contributed by atoms with Gasteiger partial charge >= 0.3 is 5.97 Å². The zero-order valence-corrected chi connectivity index (χ0v) is 17.0. The summed E-state index contributed by atoms with van der Waals surface area (Å²) in [6.45, 7) is 1.03. The van der Waals surface area contributed by atoms with Crippen LogP contribution >= 0.6 is 0 Å². The summed E-state index contributed by atoms with van der Waals surface area (Å²) < 4.78 is 18.9. The summed E-state index contributed by atoms with van der Waals surface area (Å²) in [5.41, 5.74) is 3.44. The summed E-state index contributed by atoms with van der Waals surface area (Å²) in [6.07, 6.45) is 1.96. The second kappa shape index (κ2) is 8.74. The molecule has 0 amide bonds. The fourth-order valence-electron chi connectivity index (χ4n) is 3.55. The molecule has 1 aromatic heterocycles. The van der Waals surface area contributed by atoms with Crippen molar-refractivity contribution in [1.82, 2.24) is 4.57 Å². The van der Waals surface area contributed by atoms with Crippen LogP contribution in [0.1, 0.15) is 21.5 Å². The molecule has 30 heavy (non-hydrogen) atoms. The molecular weight excluding hydrogens is 378 g/mol. The first-order valence-corrected chi connectivity index (χ1v) is 9.70. The van der Waals surface area contributed by atoms with Gasteiger partial charge in [-0.3, -0.25) is 0 Å². The van der Waals surface area contributed by atoms with Crippen LogP contribution in [0.25, 0.3) is 10.9 Å². The van der Waals surface area contributed by atoms with E-state index in [0.717, 1.165) is 22.0 Å². The maximum absolute atomic E-state index is 12.4. The zero-order valence-electron chi connectivity index (χ0n) is 17.0. The molecule has 0 atom stereocenters. The van der Waals surface area contributed by atoms with Gasteiger partial charge in [0.05, 0.1) is 25.3 Å². The second-order valence-corrected chi connectivity index (χ2v) is 6.91. The topological polar surface area (TPSA) is 49.7 Å². The highest BCUT2D eigenvalue weighted by Gasteiger charge is 2.22.